The number of aryl methyl sites for hydroxylation is 1. The van der Waals surface area contributed by atoms with Gasteiger partial charge in [0.1, 0.15) is 5.75 Å². The Kier molecular flexibility index (Phi) is 4.09. The number of hydrogen-bond donors (Lipinski definition) is 0. The summed E-state index contributed by atoms with van der Waals surface area (Å²) in [5.41, 5.74) is 4.53. The van der Waals surface area contributed by atoms with Crippen molar-refractivity contribution in [3.05, 3.63) is 65.2 Å². The molecule has 2 unspecified atom stereocenters. The molecule has 2 atom stereocenters. The van der Waals surface area contributed by atoms with Gasteiger partial charge >= 0.3 is 0 Å². The van der Waals surface area contributed by atoms with Crippen LogP contribution in [0.1, 0.15) is 29.0 Å². The van der Waals surface area contributed by atoms with E-state index >= 15 is 0 Å². The first-order valence-electron chi connectivity index (χ1n) is 8.76. The van der Waals surface area contributed by atoms with Gasteiger partial charge in [-0.25, -0.2) is 0 Å². The highest BCUT2D eigenvalue weighted by molar-refractivity contribution is 5.40. The predicted molar refractivity (Wildman–Crippen MR) is 94.1 cm³/mol. The van der Waals surface area contributed by atoms with E-state index in [-0.39, 0.29) is 0 Å². The zero-order valence-electron chi connectivity index (χ0n) is 13.9. The smallest absolute Gasteiger partial charge is 0.119 e. The van der Waals surface area contributed by atoms with Gasteiger partial charge in [-0.2, -0.15) is 0 Å². The fourth-order valence-electron chi connectivity index (χ4n) is 4.35. The maximum Gasteiger partial charge on any atom is 0.119 e. The molecule has 2 aromatic carbocycles. The van der Waals surface area contributed by atoms with Crippen LogP contribution in [0.15, 0.2) is 48.5 Å². The topological polar surface area (TPSA) is 12.5 Å². The Morgan fingerprint density at radius 1 is 1.09 bits per heavy atom. The monoisotopic (exact) mass is 307 g/mol. The molecule has 1 saturated heterocycles. The Hall–Kier alpha value is -1.80. The van der Waals surface area contributed by atoms with Crippen LogP contribution in [0.2, 0.25) is 0 Å². The quantitative estimate of drug-likeness (QED) is 0.849. The second kappa shape index (κ2) is 6.37. The lowest BCUT2D eigenvalue weighted by Gasteiger charge is -2.27. The molecule has 120 valence electrons. The summed E-state index contributed by atoms with van der Waals surface area (Å²) >= 11 is 0. The molecule has 1 fully saturated rings. The molecule has 1 aliphatic heterocycles. The van der Waals surface area contributed by atoms with Crippen LogP contribution >= 0.6 is 0 Å². The van der Waals surface area contributed by atoms with Gasteiger partial charge in [-0.05, 0) is 54.0 Å². The number of hydrogen-bond acceptors (Lipinski definition) is 2. The van der Waals surface area contributed by atoms with E-state index in [0.29, 0.717) is 0 Å². The van der Waals surface area contributed by atoms with E-state index < -0.39 is 0 Å². The lowest BCUT2D eigenvalue weighted by Crippen LogP contribution is -2.23. The van der Waals surface area contributed by atoms with E-state index in [1.807, 2.05) is 0 Å². The summed E-state index contributed by atoms with van der Waals surface area (Å²) in [6.07, 6.45) is 3.70. The van der Waals surface area contributed by atoms with Crippen molar-refractivity contribution in [3.8, 4) is 5.75 Å². The predicted octanol–water partition coefficient (Wildman–Crippen LogP) is 3.90. The molecule has 0 bridgehead atoms. The Bertz CT molecular complexity index is 667. The minimum absolute atomic E-state index is 0.723. The number of rotatable bonds is 4. The van der Waals surface area contributed by atoms with Crippen LogP contribution in [-0.4, -0.2) is 31.6 Å². The number of methoxy groups -OCH3 is 1. The first-order valence-corrected chi connectivity index (χ1v) is 8.76. The van der Waals surface area contributed by atoms with Crippen LogP contribution in [0.4, 0.5) is 0 Å². The van der Waals surface area contributed by atoms with Crippen molar-refractivity contribution in [2.45, 2.75) is 25.2 Å². The summed E-state index contributed by atoms with van der Waals surface area (Å²) in [6, 6.07) is 17.6. The highest BCUT2D eigenvalue weighted by atomic mass is 16.5. The third-order valence-electron chi connectivity index (χ3n) is 5.61. The minimum atomic E-state index is 0.723. The number of ether oxygens (including phenoxy) is 1. The molecule has 0 aromatic heterocycles. The van der Waals surface area contributed by atoms with Crippen molar-refractivity contribution < 1.29 is 4.74 Å². The normalized spacial score (nSPS) is 23.3. The fraction of sp³-hybridized carbons (Fsp3) is 0.429. The molecule has 1 aliphatic carbocycles. The Morgan fingerprint density at radius 2 is 1.96 bits per heavy atom. The summed E-state index contributed by atoms with van der Waals surface area (Å²) in [6.45, 7) is 3.67. The zero-order chi connectivity index (χ0) is 15.6. The van der Waals surface area contributed by atoms with Crippen LogP contribution in [0.25, 0.3) is 0 Å². The standard InChI is InChI=1S/C21H25NO/c1-23-19-9-10-20-17(13-19)7-8-18-14-22(15-21(18)20)12-11-16-5-3-2-4-6-16/h2-6,9-10,13,18,21H,7-8,11-12,14-15H2,1H3. The van der Waals surface area contributed by atoms with Gasteiger partial charge in [0.2, 0.25) is 0 Å². The van der Waals surface area contributed by atoms with E-state index in [1.165, 1.54) is 43.6 Å². The number of fused-ring (bicyclic) bond motifs is 3. The molecular formula is C21H25NO. The summed E-state index contributed by atoms with van der Waals surface area (Å²) in [5.74, 6) is 2.56. The first kappa shape index (κ1) is 14.8. The highest BCUT2D eigenvalue weighted by Crippen LogP contribution is 2.42. The van der Waals surface area contributed by atoms with Crippen LogP contribution in [0.5, 0.6) is 5.75 Å². The molecule has 23 heavy (non-hydrogen) atoms. The molecule has 0 radical (unpaired) electrons. The maximum absolute atomic E-state index is 5.39. The highest BCUT2D eigenvalue weighted by Gasteiger charge is 2.37. The van der Waals surface area contributed by atoms with Gasteiger partial charge in [0.05, 0.1) is 7.11 Å². The molecule has 2 heteroatoms. The zero-order valence-corrected chi connectivity index (χ0v) is 13.9. The summed E-state index contributed by atoms with van der Waals surface area (Å²) in [5, 5.41) is 0. The largest absolute Gasteiger partial charge is 0.497 e. The van der Waals surface area contributed by atoms with E-state index in [2.05, 4.69) is 53.4 Å². The number of likely N-dealkylation sites (tertiary alicyclic amines) is 1. The summed E-state index contributed by atoms with van der Waals surface area (Å²) in [7, 11) is 1.76. The molecule has 2 nitrogen and oxygen atoms in total. The van der Waals surface area contributed by atoms with Gasteiger partial charge in [0, 0.05) is 25.6 Å². The van der Waals surface area contributed by atoms with Crippen LogP contribution < -0.4 is 4.74 Å². The van der Waals surface area contributed by atoms with Crippen LogP contribution in [0.3, 0.4) is 0 Å². The first-order chi connectivity index (χ1) is 11.3. The van der Waals surface area contributed by atoms with Crippen molar-refractivity contribution in [1.29, 1.82) is 0 Å². The molecule has 0 spiro atoms. The second-order valence-corrected chi connectivity index (χ2v) is 6.97. The third kappa shape index (κ3) is 3.00. The van der Waals surface area contributed by atoms with Crippen LogP contribution in [0, 0.1) is 5.92 Å². The molecule has 1 heterocycles. The van der Waals surface area contributed by atoms with Gasteiger partial charge in [-0.15, -0.1) is 0 Å². The molecular weight excluding hydrogens is 282 g/mol. The lowest BCUT2D eigenvalue weighted by atomic mass is 9.77. The van der Waals surface area contributed by atoms with Crippen molar-refractivity contribution in [2.75, 3.05) is 26.7 Å². The van der Waals surface area contributed by atoms with E-state index in [4.69, 9.17) is 4.74 Å². The Labute approximate surface area is 139 Å². The van der Waals surface area contributed by atoms with Gasteiger partial charge in [0.25, 0.3) is 0 Å². The Morgan fingerprint density at radius 3 is 2.78 bits per heavy atom. The van der Waals surface area contributed by atoms with Crippen molar-refractivity contribution >= 4 is 0 Å². The van der Waals surface area contributed by atoms with Crippen LogP contribution in [-0.2, 0) is 12.8 Å². The average molecular weight is 307 g/mol. The summed E-state index contributed by atoms with van der Waals surface area (Å²) < 4.78 is 5.39. The lowest BCUT2D eigenvalue weighted by molar-refractivity contribution is 0.325. The van der Waals surface area contributed by atoms with Gasteiger partial charge in [-0.1, -0.05) is 36.4 Å². The molecule has 0 N–H and O–H groups in total. The Balaban J connectivity index is 1.44. The SMILES string of the molecule is COc1ccc2c(c1)CCC1CN(CCc3ccccc3)CC21. The van der Waals surface area contributed by atoms with Crippen molar-refractivity contribution in [3.63, 3.8) is 0 Å². The molecule has 4 rings (SSSR count). The molecule has 2 aromatic rings. The van der Waals surface area contributed by atoms with Crippen molar-refractivity contribution in [2.24, 2.45) is 5.92 Å². The molecule has 0 amide bonds. The maximum atomic E-state index is 5.39. The molecule has 0 saturated carbocycles. The number of benzene rings is 2. The fourth-order valence-corrected chi connectivity index (χ4v) is 4.35. The molecule has 2 aliphatic rings. The van der Waals surface area contributed by atoms with E-state index in [1.54, 1.807) is 12.7 Å². The van der Waals surface area contributed by atoms with E-state index in [0.717, 1.165) is 24.0 Å². The van der Waals surface area contributed by atoms with Gasteiger partial charge in [0.15, 0.2) is 0 Å². The summed E-state index contributed by atoms with van der Waals surface area (Å²) in [4.78, 5) is 2.67. The van der Waals surface area contributed by atoms with Gasteiger partial charge in [-0.3, -0.25) is 0 Å². The third-order valence-corrected chi connectivity index (χ3v) is 5.61. The average Bonchev–Trinajstić information content (AvgIpc) is 3.04. The van der Waals surface area contributed by atoms with E-state index in [9.17, 15) is 0 Å². The van der Waals surface area contributed by atoms with Gasteiger partial charge < -0.3 is 9.64 Å². The number of nitrogens with zero attached hydrogens (tertiary/aromatic N) is 1. The minimum Gasteiger partial charge on any atom is -0.497 e. The second-order valence-electron chi connectivity index (χ2n) is 6.97. The van der Waals surface area contributed by atoms with Crippen molar-refractivity contribution in [1.82, 2.24) is 4.90 Å².